The van der Waals surface area contributed by atoms with Crippen molar-refractivity contribution in [1.29, 1.82) is 0 Å². The normalized spacial score (nSPS) is 18.7. The van der Waals surface area contributed by atoms with Gasteiger partial charge in [-0.25, -0.2) is 4.79 Å². The van der Waals surface area contributed by atoms with Gasteiger partial charge in [-0.05, 0) is 38.6 Å². The van der Waals surface area contributed by atoms with E-state index in [2.05, 4.69) is 0 Å². The first-order valence-corrected chi connectivity index (χ1v) is 7.94. The number of hydrogen-bond donors (Lipinski definition) is 0. The summed E-state index contributed by atoms with van der Waals surface area (Å²) < 4.78 is 5.37. The minimum atomic E-state index is -0.504. The average molecular weight is 310 g/mol. The highest BCUT2D eigenvalue weighted by atomic mass is 32.1. The van der Waals surface area contributed by atoms with Crippen LogP contribution in [0.5, 0.6) is 0 Å². The monoisotopic (exact) mass is 310 g/mol. The Morgan fingerprint density at radius 2 is 2.14 bits per heavy atom. The Kier molecular flexibility index (Phi) is 4.56. The zero-order valence-corrected chi connectivity index (χ0v) is 13.8. The molecule has 0 bridgehead atoms. The van der Waals surface area contributed by atoms with E-state index in [1.807, 2.05) is 38.3 Å². The lowest BCUT2D eigenvalue weighted by atomic mass is 10.2. The lowest BCUT2D eigenvalue weighted by Gasteiger charge is -2.28. The zero-order valence-electron chi connectivity index (χ0n) is 13.0. The van der Waals surface area contributed by atoms with Crippen LogP contribution in [0.1, 0.15) is 36.9 Å². The summed E-state index contributed by atoms with van der Waals surface area (Å²) >= 11 is 1.45. The minimum Gasteiger partial charge on any atom is -0.444 e. The van der Waals surface area contributed by atoms with E-state index in [1.54, 1.807) is 16.8 Å². The van der Waals surface area contributed by atoms with E-state index in [0.29, 0.717) is 13.1 Å². The molecule has 1 aliphatic rings. The number of likely N-dealkylation sites (tertiary alicyclic amines) is 1. The van der Waals surface area contributed by atoms with E-state index in [9.17, 15) is 9.59 Å². The molecule has 1 aromatic rings. The topological polar surface area (TPSA) is 49.9 Å². The number of ether oxygens (including phenoxy) is 1. The summed E-state index contributed by atoms with van der Waals surface area (Å²) in [5.41, 5.74) is -0.504. The van der Waals surface area contributed by atoms with E-state index in [1.165, 1.54) is 11.3 Å². The largest absolute Gasteiger partial charge is 0.444 e. The maximum absolute atomic E-state index is 12.3. The van der Waals surface area contributed by atoms with Crippen molar-refractivity contribution in [2.24, 2.45) is 0 Å². The second-order valence-electron chi connectivity index (χ2n) is 6.26. The first-order valence-electron chi connectivity index (χ1n) is 7.06. The van der Waals surface area contributed by atoms with Crippen molar-refractivity contribution < 1.29 is 14.3 Å². The van der Waals surface area contributed by atoms with Gasteiger partial charge in [-0.15, -0.1) is 11.3 Å². The lowest BCUT2D eigenvalue weighted by Crippen LogP contribution is -2.42. The molecule has 0 N–H and O–H groups in total. The molecule has 116 valence electrons. The zero-order chi connectivity index (χ0) is 15.6. The Bertz CT molecular complexity index is 507. The van der Waals surface area contributed by atoms with Crippen LogP contribution in [0.2, 0.25) is 0 Å². The quantitative estimate of drug-likeness (QED) is 0.844. The van der Waals surface area contributed by atoms with Crippen LogP contribution in [0.4, 0.5) is 4.79 Å². The number of carbonyl (C=O) groups excluding carboxylic acids is 2. The number of hydrogen-bond acceptors (Lipinski definition) is 4. The van der Waals surface area contributed by atoms with Gasteiger partial charge < -0.3 is 14.5 Å². The van der Waals surface area contributed by atoms with Crippen LogP contribution in [0, 0.1) is 0 Å². The van der Waals surface area contributed by atoms with E-state index in [-0.39, 0.29) is 18.0 Å². The first kappa shape index (κ1) is 15.8. The van der Waals surface area contributed by atoms with Crippen molar-refractivity contribution in [3.8, 4) is 0 Å². The Hall–Kier alpha value is -1.56. The van der Waals surface area contributed by atoms with Gasteiger partial charge in [0.25, 0.3) is 5.91 Å². The maximum Gasteiger partial charge on any atom is 0.410 e. The van der Waals surface area contributed by atoms with Crippen LogP contribution < -0.4 is 0 Å². The van der Waals surface area contributed by atoms with Crippen LogP contribution in [0.25, 0.3) is 0 Å². The lowest BCUT2D eigenvalue weighted by molar-refractivity contribution is 0.0226. The highest BCUT2D eigenvalue weighted by molar-refractivity contribution is 7.12. The molecule has 0 aliphatic carbocycles. The summed E-state index contributed by atoms with van der Waals surface area (Å²) in [6.45, 7) is 6.78. The van der Waals surface area contributed by atoms with Gasteiger partial charge in [0, 0.05) is 20.1 Å². The maximum atomic E-state index is 12.3. The van der Waals surface area contributed by atoms with Crippen molar-refractivity contribution in [3.63, 3.8) is 0 Å². The average Bonchev–Trinajstić information content (AvgIpc) is 3.06. The van der Waals surface area contributed by atoms with Crippen LogP contribution in [0.3, 0.4) is 0 Å². The summed E-state index contributed by atoms with van der Waals surface area (Å²) in [6.07, 6.45) is 0.449. The second-order valence-corrected chi connectivity index (χ2v) is 7.21. The Morgan fingerprint density at radius 3 is 2.71 bits per heavy atom. The third-order valence-corrected chi connectivity index (χ3v) is 4.27. The summed E-state index contributed by atoms with van der Waals surface area (Å²) in [5, 5.41) is 1.90. The van der Waals surface area contributed by atoms with Gasteiger partial charge in [0.15, 0.2) is 0 Å². The molecule has 0 radical (unpaired) electrons. The third-order valence-electron chi connectivity index (χ3n) is 3.41. The fourth-order valence-corrected chi connectivity index (χ4v) is 2.97. The summed E-state index contributed by atoms with van der Waals surface area (Å²) in [6, 6.07) is 3.72. The fraction of sp³-hybridized carbons (Fsp3) is 0.600. The molecule has 2 rings (SSSR count). The number of amides is 2. The highest BCUT2D eigenvalue weighted by Crippen LogP contribution is 2.21. The minimum absolute atomic E-state index is 0.0174. The molecule has 0 saturated carbocycles. The van der Waals surface area contributed by atoms with Crippen molar-refractivity contribution >= 4 is 23.3 Å². The highest BCUT2D eigenvalue weighted by Gasteiger charge is 2.33. The van der Waals surface area contributed by atoms with Crippen LogP contribution in [-0.2, 0) is 4.74 Å². The van der Waals surface area contributed by atoms with Crippen molar-refractivity contribution in [1.82, 2.24) is 9.80 Å². The standard InChI is InChI=1S/C15H22N2O3S/c1-15(2,3)20-14(19)16(4)11-7-8-17(10-11)13(18)12-6-5-9-21-12/h5-6,9,11H,7-8,10H2,1-4H3. The SMILES string of the molecule is CN(C(=O)OC(C)(C)C)C1CCN(C(=O)c2cccs2)C1. The van der Waals surface area contributed by atoms with Crippen LogP contribution >= 0.6 is 11.3 Å². The molecule has 6 heteroatoms. The van der Waals surface area contributed by atoms with Gasteiger partial charge in [-0.3, -0.25) is 4.79 Å². The molecule has 2 heterocycles. The summed E-state index contributed by atoms with van der Waals surface area (Å²) in [5.74, 6) is 0.0464. The number of carbonyl (C=O) groups is 2. The smallest absolute Gasteiger partial charge is 0.410 e. The van der Waals surface area contributed by atoms with Crippen LogP contribution in [0.15, 0.2) is 17.5 Å². The van der Waals surface area contributed by atoms with E-state index in [0.717, 1.165) is 11.3 Å². The molecule has 0 aromatic carbocycles. The second kappa shape index (κ2) is 6.05. The number of thiophene rings is 1. The van der Waals surface area contributed by atoms with Gasteiger partial charge in [0.05, 0.1) is 10.9 Å². The van der Waals surface area contributed by atoms with E-state index < -0.39 is 5.60 Å². The van der Waals surface area contributed by atoms with Crippen molar-refractivity contribution in [2.75, 3.05) is 20.1 Å². The summed E-state index contributed by atoms with van der Waals surface area (Å²) in [7, 11) is 1.73. The van der Waals surface area contributed by atoms with E-state index >= 15 is 0 Å². The van der Waals surface area contributed by atoms with Gasteiger partial charge in [-0.1, -0.05) is 6.07 Å². The molecule has 1 aromatic heterocycles. The summed E-state index contributed by atoms with van der Waals surface area (Å²) in [4.78, 5) is 28.5. The van der Waals surface area contributed by atoms with Crippen molar-refractivity contribution in [2.45, 2.75) is 38.8 Å². The molecule has 1 unspecified atom stereocenters. The molecule has 1 atom stereocenters. The predicted molar refractivity (Wildman–Crippen MR) is 82.6 cm³/mol. The van der Waals surface area contributed by atoms with Gasteiger partial charge in [0.2, 0.25) is 0 Å². The molecule has 0 spiro atoms. The van der Waals surface area contributed by atoms with Gasteiger partial charge in [-0.2, -0.15) is 0 Å². The molecular formula is C15H22N2O3S. The fourth-order valence-electron chi connectivity index (χ4n) is 2.28. The van der Waals surface area contributed by atoms with Crippen LogP contribution in [-0.4, -0.2) is 53.6 Å². The predicted octanol–water partition coefficient (Wildman–Crippen LogP) is 2.83. The Balaban J connectivity index is 1.93. The molecule has 1 fully saturated rings. The molecule has 1 aliphatic heterocycles. The molecule has 2 amide bonds. The molecular weight excluding hydrogens is 288 g/mol. The van der Waals surface area contributed by atoms with Crippen molar-refractivity contribution in [3.05, 3.63) is 22.4 Å². The number of rotatable bonds is 2. The molecule has 5 nitrogen and oxygen atoms in total. The Morgan fingerprint density at radius 1 is 1.43 bits per heavy atom. The Labute approximate surface area is 129 Å². The number of likely N-dealkylation sites (N-methyl/N-ethyl adjacent to an activating group) is 1. The number of nitrogens with zero attached hydrogens (tertiary/aromatic N) is 2. The third kappa shape index (κ3) is 3.97. The molecule has 1 saturated heterocycles. The first-order chi connectivity index (χ1) is 9.78. The van der Waals surface area contributed by atoms with Gasteiger partial charge in [0.1, 0.15) is 5.60 Å². The van der Waals surface area contributed by atoms with Gasteiger partial charge >= 0.3 is 6.09 Å². The molecule has 21 heavy (non-hydrogen) atoms. The van der Waals surface area contributed by atoms with E-state index in [4.69, 9.17) is 4.74 Å².